The molecule has 0 aliphatic carbocycles. The van der Waals surface area contributed by atoms with Crippen LogP contribution in [0.3, 0.4) is 0 Å². The number of hydrazone groups is 1. The fourth-order valence-electron chi connectivity index (χ4n) is 2.27. The van der Waals surface area contributed by atoms with Gasteiger partial charge >= 0.3 is 18.4 Å². The molecule has 1 aliphatic heterocycles. The number of benzene rings is 1. The number of ether oxygens (including phenoxy) is 1. The molecular formula is C15H8F6N2O2S. The number of alkyl halides is 6. The normalized spacial score (nSPS) is 15.3. The molecule has 26 heavy (non-hydrogen) atoms. The number of carbonyl (C=O) groups is 1. The van der Waals surface area contributed by atoms with Crippen LogP contribution in [0.4, 0.5) is 31.1 Å². The molecule has 1 amide bonds. The van der Waals surface area contributed by atoms with Crippen LogP contribution >= 0.6 is 11.3 Å². The van der Waals surface area contributed by atoms with E-state index in [1.807, 2.05) is 5.43 Å². The number of halogens is 6. The highest BCUT2D eigenvalue weighted by Gasteiger charge is 2.37. The number of carbonyl (C=O) groups excluding carboxylic acids is 1. The van der Waals surface area contributed by atoms with Crippen molar-refractivity contribution in [3.8, 4) is 10.4 Å². The zero-order chi connectivity index (χ0) is 19.1. The van der Waals surface area contributed by atoms with Crippen LogP contribution in [0.5, 0.6) is 0 Å². The molecular weight excluding hydrogens is 386 g/mol. The Morgan fingerprint density at radius 2 is 1.77 bits per heavy atom. The number of nitrogens with one attached hydrogen (secondary N) is 1. The quantitative estimate of drug-likeness (QED) is 0.737. The summed E-state index contributed by atoms with van der Waals surface area (Å²) in [7, 11) is 0. The van der Waals surface area contributed by atoms with E-state index in [2.05, 4.69) is 9.84 Å². The second kappa shape index (κ2) is 6.31. The van der Waals surface area contributed by atoms with Crippen LogP contribution < -0.4 is 5.43 Å². The molecule has 0 bridgehead atoms. The van der Waals surface area contributed by atoms with Crippen molar-refractivity contribution in [1.29, 1.82) is 0 Å². The molecule has 0 radical (unpaired) electrons. The van der Waals surface area contributed by atoms with Crippen molar-refractivity contribution in [3.05, 3.63) is 46.3 Å². The summed E-state index contributed by atoms with van der Waals surface area (Å²) in [6.45, 7) is -0.320. The molecule has 2 heterocycles. The molecule has 3 rings (SSSR count). The van der Waals surface area contributed by atoms with Gasteiger partial charge in [-0.25, -0.2) is 10.2 Å². The SMILES string of the molecule is O=C1NN=C(c2ccc(-c3ccc(C(F)(F)F)s3)c(C(F)(F)F)c2)CO1. The third kappa shape index (κ3) is 3.66. The second-order valence-corrected chi connectivity index (χ2v) is 6.25. The predicted molar refractivity (Wildman–Crippen MR) is 80.8 cm³/mol. The van der Waals surface area contributed by atoms with E-state index in [4.69, 9.17) is 0 Å². The van der Waals surface area contributed by atoms with Crippen LogP contribution in [-0.2, 0) is 17.1 Å². The van der Waals surface area contributed by atoms with Crippen molar-refractivity contribution in [3.63, 3.8) is 0 Å². The van der Waals surface area contributed by atoms with Gasteiger partial charge in [0.05, 0.1) is 5.56 Å². The Morgan fingerprint density at radius 1 is 1.04 bits per heavy atom. The van der Waals surface area contributed by atoms with Gasteiger partial charge in [0.25, 0.3) is 0 Å². The minimum atomic E-state index is -4.80. The van der Waals surface area contributed by atoms with E-state index in [9.17, 15) is 31.1 Å². The first-order chi connectivity index (χ1) is 12.1. The third-order valence-electron chi connectivity index (χ3n) is 3.43. The summed E-state index contributed by atoms with van der Waals surface area (Å²) in [5.41, 5.74) is 0.594. The predicted octanol–water partition coefficient (Wildman–Crippen LogP) is 4.90. The zero-order valence-electron chi connectivity index (χ0n) is 12.5. The number of amides is 1. The minimum Gasteiger partial charge on any atom is -0.442 e. The topological polar surface area (TPSA) is 50.7 Å². The van der Waals surface area contributed by atoms with E-state index in [-0.39, 0.29) is 39.7 Å². The summed E-state index contributed by atoms with van der Waals surface area (Å²) in [5.74, 6) is 0. The maximum atomic E-state index is 13.4. The van der Waals surface area contributed by atoms with Gasteiger partial charge in [-0.3, -0.25) is 0 Å². The average Bonchev–Trinajstić information content (AvgIpc) is 3.04. The van der Waals surface area contributed by atoms with Crippen LogP contribution in [-0.4, -0.2) is 18.4 Å². The Balaban J connectivity index is 2.06. The van der Waals surface area contributed by atoms with Crippen molar-refractivity contribution < 1.29 is 35.9 Å². The van der Waals surface area contributed by atoms with Crippen molar-refractivity contribution in [2.45, 2.75) is 12.4 Å². The first kappa shape index (κ1) is 18.2. The van der Waals surface area contributed by atoms with E-state index < -0.39 is 28.9 Å². The van der Waals surface area contributed by atoms with Gasteiger partial charge in [-0.1, -0.05) is 12.1 Å². The van der Waals surface area contributed by atoms with Crippen molar-refractivity contribution in [2.24, 2.45) is 5.10 Å². The van der Waals surface area contributed by atoms with E-state index in [0.717, 1.165) is 24.3 Å². The van der Waals surface area contributed by atoms with Crippen molar-refractivity contribution in [1.82, 2.24) is 5.43 Å². The lowest BCUT2D eigenvalue weighted by atomic mass is 10.00. The van der Waals surface area contributed by atoms with Gasteiger partial charge in [0.2, 0.25) is 0 Å². The molecule has 1 aliphatic rings. The fraction of sp³-hybridized carbons (Fsp3) is 0.200. The lowest BCUT2D eigenvalue weighted by Gasteiger charge is -2.17. The number of cyclic esters (lactones) is 1. The molecule has 0 atom stereocenters. The molecule has 2 aromatic rings. The van der Waals surface area contributed by atoms with Gasteiger partial charge in [0, 0.05) is 16.0 Å². The molecule has 0 fully saturated rings. The number of hydrogen-bond acceptors (Lipinski definition) is 4. The smallest absolute Gasteiger partial charge is 0.428 e. The highest BCUT2D eigenvalue weighted by molar-refractivity contribution is 7.15. The van der Waals surface area contributed by atoms with Gasteiger partial charge in [0.15, 0.2) is 0 Å². The van der Waals surface area contributed by atoms with E-state index >= 15 is 0 Å². The maximum Gasteiger partial charge on any atom is 0.428 e. The van der Waals surface area contributed by atoms with Crippen LogP contribution in [0.25, 0.3) is 10.4 Å². The lowest BCUT2D eigenvalue weighted by Crippen LogP contribution is -2.30. The maximum absolute atomic E-state index is 13.4. The Bertz CT molecular complexity index is 885. The molecule has 1 aromatic heterocycles. The zero-order valence-corrected chi connectivity index (χ0v) is 13.4. The highest BCUT2D eigenvalue weighted by atomic mass is 32.1. The van der Waals surface area contributed by atoms with Gasteiger partial charge in [-0.2, -0.15) is 31.4 Å². The van der Waals surface area contributed by atoms with Crippen LogP contribution in [0, 0.1) is 0 Å². The van der Waals surface area contributed by atoms with Gasteiger partial charge in [-0.05, 0) is 18.2 Å². The molecule has 0 saturated heterocycles. The molecule has 138 valence electrons. The molecule has 1 aromatic carbocycles. The highest BCUT2D eigenvalue weighted by Crippen LogP contribution is 2.43. The van der Waals surface area contributed by atoms with Gasteiger partial charge in [0.1, 0.15) is 17.2 Å². The lowest BCUT2D eigenvalue weighted by molar-refractivity contribution is -0.137. The van der Waals surface area contributed by atoms with Gasteiger partial charge in [-0.15, -0.1) is 11.3 Å². The van der Waals surface area contributed by atoms with Crippen LogP contribution in [0.15, 0.2) is 35.4 Å². The fourth-order valence-corrected chi connectivity index (χ4v) is 3.18. The average molecular weight is 394 g/mol. The first-order valence-electron chi connectivity index (χ1n) is 6.94. The summed E-state index contributed by atoms with van der Waals surface area (Å²) in [6.07, 6.45) is -10.3. The largest absolute Gasteiger partial charge is 0.442 e. The molecule has 11 heteroatoms. The van der Waals surface area contributed by atoms with Crippen molar-refractivity contribution in [2.75, 3.05) is 6.61 Å². The Kier molecular flexibility index (Phi) is 4.42. The number of nitrogens with zero attached hydrogens (tertiary/aromatic N) is 1. The second-order valence-electron chi connectivity index (χ2n) is 5.17. The third-order valence-corrected chi connectivity index (χ3v) is 4.59. The number of hydrogen-bond donors (Lipinski definition) is 1. The Morgan fingerprint density at radius 3 is 2.31 bits per heavy atom. The summed E-state index contributed by atoms with van der Waals surface area (Å²) >= 11 is 0.228. The Labute approximate surface area is 146 Å². The molecule has 0 unspecified atom stereocenters. The van der Waals surface area contributed by atoms with E-state index in [1.54, 1.807) is 0 Å². The van der Waals surface area contributed by atoms with Gasteiger partial charge < -0.3 is 4.74 Å². The summed E-state index contributed by atoms with van der Waals surface area (Å²) in [6, 6.07) is 4.85. The molecule has 4 nitrogen and oxygen atoms in total. The first-order valence-corrected chi connectivity index (χ1v) is 7.76. The standard InChI is InChI=1S/C15H8F6N2O2S/c16-14(17,18)9-5-7(10-6-25-13(24)23-22-10)1-2-8(9)11-3-4-12(26-11)15(19,20)21/h1-5H,6H2,(H,23,24). The van der Waals surface area contributed by atoms with Crippen molar-refractivity contribution >= 4 is 23.1 Å². The number of rotatable bonds is 2. The summed E-state index contributed by atoms with van der Waals surface area (Å²) in [5, 5.41) is 3.62. The van der Waals surface area contributed by atoms with Crippen LogP contribution in [0.2, 0.25) is 0 Å². The van der Waals surface area contributed by atoms with Crippen LogP contribution in [0.1, 0.15) is 16.0 Å². The summed E-state index contributed by atoms with van der Waals surface area (Å²) in [4.78, 5) is 9.73. The minimum absolute atomic E-state index is 0.0358. The van der Waals surface area contributed by atoms with E-state index in [0.29, 0.717) is 0 Å². The molecule has 0 saturated carbocycles. The molecule has 1 N–H and O–H groups in total. The molecule has 0 spiro atoms. The Hall–Kier alpha value is -2.56. The monoisotopic (exact) mass is 394 g/mol. The summed E-state index contributed by atoms with van der Waals surface area (Å²) < 4.78 is 83.1. The van der Waals surface area contributed by atoms with E-state index in [1.165, 1.54) is 6.07 Å². The number of thiophene rings is 1.